The summed E-state index contributed by atoms with van der Waals surface area (Å²) < 4.78 is 10.5. The number of aliphatic hydroxyl groups excluding tert-OH is 3. The van der Waals surface area contributed by atoms with Crippen LogP contribution in [-0.2, 0) is 14.3 Å². The number of unbranched alkanes of at least 4 members (excludes halogenated alkanes) is 14. The second kappa shape index (κ2) is 19.7. The average molecular weight is 459 g/mol. The van der Waals surface area contributed by atoms with E-state index in [2.05, 4.69) is 6.92 Å². The number of esters is 1. The van der Waals surface area contributed by atoms with Crippen molar-refractivity contribution in [3.05, 3.63) is 0 Å². The molecule has 1 saturated heterocycles. The molecule has 1 fully saturated rings. The van der Waals surface area contributed by atoms with E-state index in [0.29, 0.717) is 19.4 Å². The van der Waals surface area contributed by atoms with Crippen LogP contribution in [0.15, 0.2) is 0 Å². The first-order valence-electron chi connectivity index (χ1n) is 13.3. The Morgan fingerprint density at radius 1 is 0.875 bits per heavy atom. The Labute approximate surface area is 196 Å². The van der Waals surface area contributed by atoms with E-state index in [1.807, 2.05) is 0 Å². The lowest BCUT2D eigenvalue weighted by atomic mass is 9.93. The van der Waals surface area contributed by atoms with Crippen LogP contribution >= 0.6 is 0 Å². The quantitative estimate of drug-likeness (QED) is 0.188. The van der Waals surface area contributed by atoms with Gasteiger partial charge in [-0.1, -0.05) is 96.8 Å². The monoisotopic (exact) mass is 458 g/mol. The van der Waals surface area contributed by atoms with Crippen molar-refractivity contribution in [3.63, 3.8) is 0 Å². The third-order valence-electron chi connectivity index (χ3n) is 6.59. The molecule has 0 aromatic carbocycles. The first-order valence-corrected chi connectivity index (χ1v) is 13.3. The Hall–Kier alpha value is -0.690. The standard InChI is InChI=1S/C26H50O6/c1-2-3-4-5-6-7-8-9-10-11-12-13-14-15-16-17-25(29)32-21-24(28)22-20-31-19-18-23(27)26(22)30/h22-24,26-28,30H,2-21H2,1H3. The van der Waals surface area contributed by atoms with Crippen LogP contribution in [-0.4, -0.2) is 59.4 Å². The van der Waals surface area contributed by atoms with Crippen LogP contribution in [0.1, 0.15) is 116 Å². The summed E-state index contributed by atoms with van der Waals surface area (Å²) in [6.07, 6.45) is 16.9. The summed E-state index contributed by atoms with van der Waals surface area (Å²) in [6.45, 7) is 2.59. The summed E-state index contributed by atoms with van der Waals surface area (Å²) in [5, 5.41) is 30.1. The van der Waals surface area contributed by atoms with Crippen LogP contribution in [0.3, 0.4) is 0 Å². The zero-order chi connectivity index (χ0) is 23.4. The van der Waals surface area contributed by atoms with Crippen LogP contribution in [0.4, 0.5) is 0 Å². The van der Waals surface area contributed by atoms with Gasteiger partial charge in [-0.3, -0.25) is 4.79 Å². The number of hydrogen-bond acceptors (Lipinski definition) is 6. The number of ether oxygens (including phenoxy) is 2. The van der Waals surface area contributed by atoms with Crippen LogP contribution in [0.5, 0.6) is 0 Å². The molecule has 0 aromatic rings. The highest BCUT2D eigenvalue weighted by Gasteiger charge is 2.34. The molecule has 1 aliphatic heterocycles. The van der Waals surface area contributed by atoms with Crippen molar-refractivity contribution in [2.45, 2.75) is 134 Å². The molecule has 0 aliphatic carbocycles. The van der Waals surface area contributed by atoms with E-state index in [0.717, 1.165) is 19.3 Å². The van der Waals surface area contributed by atoms with Crippen LogP contribution in [0.25, 0.3) is 0 Å². The molecule has 190 valence electrons. The lowest BCUT2D eigenvalue weighted by Gasteiger charge is -2.27. The van der Waals surface area contributed by atoms with Gasteiger partial charge in [0.25, 0.3) is 0 Å². The second-order valence-electron chi connectivity index (χ2n) is 9.54. The molecule has 0 bridgehead atoms. The second-order valence-corrected chi connectivity index (χ2v) is 9.54. The Balaban J connectivity index is 1.90. The van der Waals surface area contributed by atoms with Gasteiger partial charge in [0.05, 0.1) is 24.9 Å². The Morgan fingerprint density at radius 2 is 1.38 bits per heavy atom. The molecule has 6 nitrogen and oxygen atoms in total. The van der Waals surface area contributed by atoms with E-state index >= 15 is 0 Å². The van der Waals surface area contributed by atoms with Crippen molar-refractivity contribution < 1.29 is 29.6 Å². The molecular formula is C26H50O6. The summed E-state index contributed by atoms with van der Waals surface area (Å²) in [5.74, 6) is -0.964. The van der Waals surface area contributed by atoms with Gasteiger partial charge in [-0.25, -0.2) is 0 Å². The average Bonchev–Trinajstić information content (AvgIpc) is 2.95. The summed E-state index contributed by atoms with van der Waals surface area (Å²) >= 11 is 0. The van der Waals surface area contributed by atoms with E-state index in [1.165, 1.54) is 77.0 Å². The first kappa shape index (κ1) is 29.3. The van der Waals surface area contributed by atoms with Gasteiger partial charge < -0.3 is 24.8 Å². The third-order valence-corrected chi connectivity index (χ3v) is 6.59. The first-order chi connectivity index (χ1) is 15.6. The minimum atomic E-state index is -1.07. The SMILES string of the molecule is CCCCCCCCCCCCCCCCCC(=O)OCC(O)C1COCCC(O)C1O. The minimum absolute atomic E-state index is 0.149. The van der Waals surface area contributed by atoms with Gasteiger partial charge in [-0.2, -0.15) is 0 Å². The largest absolute Gasteiger partial charge is 0.463 e. The maximum atomic E-state index is 11.9. The van der Waals surface area contributed by atoms with E-state index < -0.39 is 24.2 Å². The van der Waals surface area contributed by atoms with Crippen molar-refractivity contribution >= 4 is 5.97 Å². The van der Waals surface area contributed by atoms with E-state index in [4.69, 9.17) is 9.47 Å². The van der Waals surface area contributed by atoms with Crippen molar-refractivity contribution in [1.82, 2.24) is 0 Å². The highest BCUT2D eigenvalue weighted by atomic mass is 16.5. The fourth-order valence-electron chi connectivity index (χ4n) is 4.33. The molecule has 1 heterocycles. The molecule has 1 rings (SSSR count). The molecule has 4 atom stereocenters. The zero-order valence-corrected chi connectivity index (χ0v) is 20.5. The molecule has 0 amide bonds. The third kappa shape index (κ3) is 14.5. The summed E-state index contributed by atoms with van der Waals surface area (Å²) in [4.78, 5) is 11.9. The van der Waals surface area contributed by atoms with E-state index in [-0.39, 0.29) is 19.2 Å². The maximum Gasteiger partial charge on any atom is 0.305 e. The normalized spacial score (nSPS) is 22.4. The van der Waals surface area contributed by atoms with Gasteiger partial charge in [-0.15, -0.1) is 0 Å². The number of aliphatic hydroxyl groups is 3. The lowest BCUT2D eigenvalue weighted by molar-refractivity contribution is -0.150. The molecule has 1 aliphatic rings. The van der Waals surface area contributed by atoms with Crippen molar-refractivity contribution in [2.24, 2.45) is 5.92 Å². The van der Waals surface area contributed by atoms with Crippen LogP contribution < -0.4 is 0 Å². The highest BCUT2D eigenvalue weighted by Crippen LogP contribution is 2.20. The van der Waals surface area contributed by atoms with Crippen molar-refractivity contribution in [3.8, 4) is 0 Å². The molecule has 0 saturated carbocycles. The van der Waals surface area contributed by atoms with E-state index in [9.17, 15) is 20.1 Å². The number of rotatable bonds is 19. The summed E-state index contributed by atoms with van der Waals surface area (Å²) in [7, 11) is 0. The summed E-state index contributed by atoms with van der Waals surface area (Å²) in [6, 6.07) is 0. The molecule has 4 unspecified atom stereocenters. The number of carbonyl (C=O) groups excluding carboxylic acids is 1. The predicted molar refractivity (Wildman–Crippen MR) is 127 cm³/mol. The smallest absolute Gasteiger partial charge is 0.305 e. The fourth-order valence-corrected chi connectivity index (χ4v) is 4.33. The van der Waals surface area contributed by atoms with E-state index in [1.54, 1.807) is 0 Å². The molecule has 32 heavy (non-hydrogen) atoms. The Morgan fingerprint density at radius 3 is 1.91 bits per heavy atom. The van der Waals surface area contributed by atoms with Gasteiger partial charge in [0.15, 0.2) is 0 Å². The number of carbonyl (C=O) groups is 1. The Bertz CT molecular complexity index is 444. The highest BCUT2D eigenvalue weighted by molar-refractivity contribution is 5.69. The van der Waals surface area contributed by atoms with Gasteiger partial charge >= 0.3 is 5.97 Å². The predicted octanol–water partition coefficient (Wildman–Crippen LogP) is 4.91. The molecule has 6 heteroatoms. The van der Waals surface area contributed by atoms with Crippen LogP contribution in [0.2, 0.25) is 0 Å². The number of hydrogen-bond donors (Lipinski definition) is 3. The van der Waals surface area contributed by atoms with Crippen molar-refractivity contribution in [1.29, 1.82) is 0 Å². The van der Waals surface area contributed by atoms with Gasteiger partial charge in [0.1, 0.15) is 6.61 Å². The van der Waals surface area contributed by atoms with Crippen molar-refractivity contribution in [2.75, 3.05) is 19.8 Å². The topological polar surface area (TPSA) is 96.2 Å². The van der Waals surface area contributed by atoms with Gasteiger partial charge in [0.2, 0.25) is 0 Å². The minimum Gasteiger partial charge on any atom is -0.463 e. The molecular weight excluding hydrogens is 408 g/mol. The van der Waals surface area contributed by atoms with Gasteiger partial charge in [0, 0.05) is 18.9 Å². The lowest BCUT2D eigenvalue weighted by Crippen LogP contribution is -2.42. The van der Waals surface area contributed by atoms with Crippen LogP contribution in [0, 0.1) is 5.92 Å². The molecule has 0 aromatic heterocycles. The molecule has 0 spiro atoms. The zero-order valence-electron chi connectivity index (χ0n) is 20.5. The van der Waals surface area contributed by atoms with Gasteiger partial charge in [-0.05, 0) is 12.8 Å². The maximum absolute atomic E-state index is 11.9. The summed E-state index contributed by atoms with van der Waals surface area (Å²) in [5.41, 5.74) is 0. The Kier molecular flexibility index (Phi) is 18.1. The molecule has 0 radical (unpaired) electrons. The molecule has 3 N–H and O–H groups in total. The fraction of sp³-hybridized carbons (Fsp3) is 0.962.